The average molecular weight is 224 g/mol. The number of nitrogens with zero attached hydrogens (tertiary/aromatic N) is 2. The van der Waals surface area contributed by atoms with Gasteiger partial charge in [-0.15, -0.1) is 0 Å². The fraction of sp³-hybridized carbons (Fsp3) is 0.636. The van der Waals surface area contributed by atoms with Crippen LogP contribution in [0.4, 0.5) is 11.6 Å². The van der Waals surface area contributed by atoms with E-state index in [0.29, 0.717) is 30.4 Å². The summed E-state index contributed by atoms with van der Waals surface area (Å²) in [6, 6.07) is 1.67. The maximum atomic E-state index is 9.43. The van der Waals surface area contributed by atoms with Crippen molar-refractivity contribution >= 4 is 11.6 Å². The molecular formula is C11H20N4O. The summed E-state index contributed by atoms with van der Waals surface area (Å²) >= 11 is 0. The zero-order chi connectivity index (χ0) is 12.1. The highest BCUT2D eigenvalue weighted by Gasteiger charge is 2.07. The van der Waals surface area contributed by atoms with E-state index in [4.69, 9.17) is 5.73 Å². The molecule has 1 atom stereocenters. The van der Waals surface area contributed by atoms with Crippen molar-refractivity contribution in [3.05, 3.63) is 11.9 Å². The molecule has 1 aromatic rings. The van der Waals surface area contributed by atoms with Gasteiger partial charge in [-0.2, -0.15) is 0 Å². The zero-order valence-corrected chi connectivity index (χ0v) is 10.1. The van der Waals surface area contributed by atoms with E-state index < -0.39 is 0 Å². The first-order chi connectivity index (χ1) is 7.52. The van der Waals surface area contributed by atoms with Gasteiger partial charge in [-0.25, -0.2) is 9.97 Å². The van der Waals surface area contributed by atoms with E-state index in [-0.39, 0.29) is 12.0 Å². The summed E-state index contributed by atoms with van der Waals surface area (Å²) in [6.45, 7) is 6.43. The van der Waals surface area contributed by atoms with Crippen molar-refractivity contribution in [3.8, 4) is 0 Å². The van der Waals surface area contributed by atoms with Crippen LogP contribution in [0.25, 0.3) is 0 Å². The van der Waals surface area contributed by atoms with E-state index in [2.05, 4.69) is 15.3 Å². The minimum absolute atomic E-state index is 0.236. The van der Waals surface area contributed by atoms with Crippen LogP contribution in [0.5, 0.6) is 0 Å². The topological polar surface area (TPSA) is 84.1 Å². The van der Waals surface area contributed by atoms with E-state index in [0.717, 1.165) is 0 Å². The molecule has 0 aliphatic heterocycles. The average Bonchev–Trinajstić information content (AvgIpc) is 2.25. The number of nitrogen functional groups attached to an aromatic ring is 1. The first-order valence-corrected chi connectivity index (χ1v) is 5.59. The largest absolute Gasteiger partial charge is 0.391 e. The van der Waals surface area contributed by atoms with Crippen LogP contribution in [0.2, 0.25) is 0 Å². The first kappa shape index (κ1) is 12.7. The number of rotatable bonds is 5. The van der Waals surface area contributed by atoms with Crippen LogP contribution in [-0.2, 0) is 0 Å². The Labute approximate surface area is 96.1 Å². The van der Waals surface area contributed by atoms with Gasteiger partial charge in [0.1, 0.15) is 17.5 Å². The molecule has 0 fully saturated rings. The van der Waals surface area contributed by atoms with E-state index in [1.807, 2.05) is 20.8 Å². The number of nitrogens with one attached hydrogen (secondary N) is 1. The minimum atomic E-state index is -0.362. The van der Waals surface area contributed by atoms with E-state index in [1.54, 1.807) is 6.07 Å². The normalized spacial score (nSPS) is 12.8. The van der Waals surface area contributed by atoms with E-state index >= 15 is 0 Å². The summed E-state index contributed by atoms with van der Waals surface area (Å²) in [7, 11) is 0. The van der Waals surface area contributed by atoms with Crippen molar-refractivity contribution in [2.45, 2.75) is 39.2 Å². The lowest BCUT2D eigenvalue weighted by molar-refractivity contribution is 0.183. The maximum Gasteiger partial charge on any atom is 0.135 e. The van der Waals surface area contributed by atoms with Crippen LogP contribution in [0.1, 0.15) is 38.9 Å². The fourth-order valence-electron chi connectivity index (χ4n) is 1.20. The van der Waals surface area contributed by atoms with Crippen LogP contribution >= 0.6 is 0 Å². The fourth-order valence-corrected chi connectivity index (χ4v) is 1.20. The van der Waals surface area contributed by atoms with Gasteiger partial charge in [0.2, 0.25) is 0 Å². The van der Waals surface area contributed by atoms with Crippen LogP contribution in [0.15, 0.2) is 6.07 Å². The molecule has 1 heterocycles. The summed E-state index contributed by atoms with van der Waals surface area (Å²) in [6.07, 6.45) is 0.351. The molecule has 1 unspecified atom stereocenters. The predicted octanol–water partition coefficient (Wildman–Crippen LogP) is 1.36. The third-order valence-corrected chi connectivity index (χ3v) is 2.27. The van der Waals surface area contributed by atoms with Gasteiger partial charge in [-0.3, -0.25) is 0 Å². The molecule has 0 saturated carbocycles. The number of anilines is 2. The summed E-state index contributed by atoms with van der Waals surface area (Å²) in [5, 5.41) is 12.5. The molecule has 5 heteroatoms. The number of aromatic nitrogens is 2. The van der Waals surface area contributed by atoms with E-state index in [9.17, 15) is 5.11 Å². The molecule has 0 spiro atoms. The first-order valence-electron chi connectivity index (χ1n) is 5.59. The molecule has 5 nitrogen and oxygen atoms in total. The van der Waals surface area contributed by atoms with Crippen molar-refractivity contribution in [2.24, 2.45) is 0 Å². The molecule has 0 bridgehead atoms. The van der Waals surface area contributed by atoms with Gasteiger partial charge in [0.15, 0.2) is 0 Å². The molecular weight excluding hydrogens is 204 g/mol. The van der Waals surface area contributed by atoms with Gasteiger partial charge < -0.3 is 16.2 Å². The second-order valence-electron chi connectivity index (χ2n) is 4.13. The number of nitrogens with two attached hydrogens (primary N) is 1. The number of hydrogen-bond donors (Lipinski definition) is 3. The Morgan fingerprint density at radius 2 is 2.12 bits per heavy atom. The maximum absolute atomic E-state index is 9.43. The number of aliphatic hydroxyl groups excluding tert-OH is 1. The SMILES string of the molecule is CCC(O)CNc1cc(N)nc(C(C)C)n1. The molecule has 0 amide bonds. The van der Waals surface area contributed by atoms with Gasteiger partial charge in [-0.05, 0) is 6.42 Å². The highest BCUT2D eigenvalue weighted by molar-refractivity contribution is 5.44. The third kappa shape index (κ3) is 3.66. The monoisotopic (exact) mass is 224 g/mol. The van der Waals surface area contributed by atoms with Gasteiger partial charge >= 0.3 is 0 Å². The van der Waals surface area contributed by atoms with Gasteiger partial charge in [0.05, 0.1) is 6.10 Å². The smallest absolute Gasteiger partial charge is 0.135 e. The Hall–Kier alpha value is -1.36. The number of aliphatic hydroxyl groups is 1. The summed E-state index contributed by atoms with van der Waals surface area (Å²) in [5.74, 6) is 2.07. The third-order valence-electron chi connectivity index (χ3n) is 2.27. The lowest BCUT2D eigenvalue weighted by Crippen LogP contribution is -2.19. The molecule has 0 aliphatic rings. The Morgan fingerprint density at radius 3 is 2.69 bits per heavy atom. The molecule has 1 rings (SSSR count). The van der Waals surface area contributed by atoms with E-state index in [1.165, 1.54) is 0 Å². The molecule has 4 N–H and O–H groups in total. The van der Waals surface area contributed by atoms with Gasteiger partial charge in [0, 0.05) is 18.5 Å². The lowest BCUT2D eigenvalue weighted by Gasteiger charge is -2.12. The molecule has 0 radical (unpaired) electrons. The zero-order valence-electron chi connectivity index (χ0n) is 10.1. The second kappa shape index (κ2) is 5.65. The molecule has 0 saturated heterocycles. The van der Waals surface area contributed by atoms with Crippen molar-refractivity contribution in [3.63, 3.8) is 0 Å². The Morgan fingerprint density at radius 1 is 1.44 bits per heavy atom. The molecule has 0 aliphatic carbocycles. The Bertz CT molecular complexity index is 341. The highest BCUT2D eigenvalue weighted by atomic mass is 16.3. The van der Waals surface area contributed by atoms with Crippen LogP contribution in [0.3, 0.4) is 0 Å². The standard InChI is InChI=1S/C11H20N4O/c1-4-8(16)6-13-10-5-9(12)14-11(15-10)7(2)3/h5,7-8,16H,4,6H2,1-3H3,(H3,12,13,14,15). The van der Waals surface area contributed by atoms with Crippen LogP contribution in [0, 0.1) is 0 Å². The quantitative estimate of drug-likeness (QED) is 0.703. The second-order valence-corrected chi connectivity index (χ2v) is 4.13. The van der Waals surface area contributed by atoms with Crippen molar-refractivity contribution in [1.82, 2.24) is 9.97 Å². The van der Waals surface area contributed by atoms with Crippen molar-refractivity contribution in [2.75, 3.05) is 17.6 Å². The molecule has 1 aromatic heterocycles. The predicted molar refractivity (Wildman–Crippen MR) is 65.3 cm³/mol. The minimum Gasteiger partial charge on any atom is -0.391 e. The lowest BCUT2D eigenvalue weighted by atomic mass is 10.2. The van der Waals surface area contributed by atoms with Crippen LogP contribution in [-0.4, -0.2) is 27.7 Å². The highest BCUT2D eigenvalue weighted by Crippen LogP contribution is 2.14. The Balaban J connectivity index is 2.72. The van der Waals surface area contributed by atoms with Gasteiger partial charge in [0.25, 0.3) is 0 Å². The van der Waals surface area contributed by atoms with Gasteiger partial charge in [-0.1, -0.05) is 20.8 Å². The van der Waals surface area contributed by atoms with Crippen molar-refractivity contribution < 1.29 is 5.11 Å². The summed E-state index contributed by atoms with van der Waals surface area (Å²) < 4.78 is 0. The molecule has 16 heavy (non-hydrogen) atoms. The molecule has 90 valence electrons. The summed E-state index contributed by atoms with van der Waals surface area (Å²) in [4.78, 5) is 8.47. The Kier molecular flexibility index (Phi) is 4.49. The number of hydrogen-bond acceptors (Lipinski definition) is 5. The van der Waals surface area contributed by atoms with Crippen LogP contribution < -0.4 is 11.1 Å². The summed E-state index contributed by atoms with van der Waals surface area (Å²) in [5.41, 5.74) is 5.68. The van der Waals surface area contributed by atoms with Crippen molar-refractivity contribution in [1.29, 1.82) is 0 Å². The molecule has 0 aromatic carbocycles.